The molecule has 0 spiro atoms. The van der Waals surface area contributed by atoms with Crippen molar-refractivity contribution in [1.82, 2.24) is 5.32 Å². The highest BCUT2D eigenvalue weighted by Crippen LogP contribution is 2.46. The van der Waals surface area contributed by atoms with Crippen LogP contribution < -0.4 is 5.32 Å². The Morgan fingerprint density at radius 3 is 2.61 bits per heavy atom. The summed E-state index contributed by atoms with van der Waals surface area (Å²) in [6.07, 6.45) is 1.09. The topological polar surface area (TPSA) is 55.4 Å². The Morgan fingerprint density at radius 2 is 1.97 bits per heavy atom. The van der Waals surface area contributed by atoms with Gasteiger partial charge >= 0.3 is 5.97 Å². The number of carbonyl (C=O) groups is 2. The average Bonchev–Trinajstić information content (AvgIpc) is 3.26. The van der Waals surface area contributed by atoms with Crippen LogP contribution in [0.2, 0.25) is 0 Å². The quantitative estimate of drug-likeness (QED) is 0.630. The fourth-order valence-electron chi connectivity index (χ4n) is 4.34. The molecule has 0 saturated carbocycles. The van der Waals surface area contributed by atoms with Crippen LogP contribution in [0.25, 0.3) is 0 Å². The van der Waals surface area contributed by atoms with Crippen LogP contribution in [-0.2, 0) is 14.3 Å². The highest BCUT2D eigenvalue weighted by Gasteiger charge is 2.41. The number of halogens is 1. The van der Waals surface area contributed by atoms with E-state index in [1.54, 1.807) is 23.5 Å². The van der Waals surface area contributed by atoms with E-state index in [2.05, 4.69) is 11.4 Å². The van der Waals surface area contributed by atoms with Crippen molar-refractivity contribution in [2.24, 2.45) is 5.92 Å². The van der Waals surface area contributed by atoms with E-state index in [4.69, 9.17) is 4.74 Å². The first-order valence-corrected chi connectivity index (χ1v) is 11.4. The molecule has 1 N–H and O–H groups in total. The number of ketones is 1. The zero-order valence-electron chi connectivity index (χ0n) is 17.9. The summed E-state index contributed by atoms with van der Waals surface area (Å²) in [6.45, 7) is 6.08. The summed E-state index contributed by atoms with van der Waals surface area (Å²) in [5, 5.41) is 5.36. The molecule has 6 heteroatoms. The molecule has 2 aliphatic rings. The number of hydrogen-bond donors (Lipinski definition) is 1. The minimum absolute atomic E-state index is 0.0168. The van der Waals surface area contributed by atoms with Gasteiger partial charge in [-0.2, -0.15) is 0 Å². The Hall–Kier alpha value is -2.73. The Balaban J connectivity index is 1.76. The van der Waals surface area contributed by atoms with E-state index in [0.29, 0.717) is 41.9 Å². The number of hydrogen-bond acceptors (Lipinski definition) is 5. The first-order chi connectivity index (χ1) is 14.8. The van der Waals surface area contributed by atoms with E-state index in [1.807, 2.05) is 32.2 Å². The number of allylic oxidation sites excluding steroid dienone is 3. The predicted octanol–water partition coefficient (Wildman–Crippen LogP) is 5.45. The van der Waals surface area contributed by atoms with Crippen LogP contribution >= 0.6 is 11.3 Å². The average molecular weight is 440 g/mol. The lowest BCUT2D eigenvalue weighted by Crippen LogP contribution is -2.36. The van der Waals surface area contributed by atoms with Crippen LogP contribution in [0.4, 0.5) is 4.39 Å². The van der Waals surface area contributed by atoms with Crippen molar-refractivity contribution < 1.29 is 18.7 Å². The lowest BCUT2D eigenvalue weighted by Gasteiger charge is -2.36. The van der Waals surface area contributed by atoms with E-state index >= 15 is 0 Å². The molecule has 2 aromatic rings. The molecule has 162 valence electrons. The Morgan fingerprint density at radius 1 is 1.23 bits per heavy atom. The van der Waals surface area contributed by atoms with Gasteiger partial charge < -0.3 is 10.1 Å². The lowest BCUT2D eigenvalue weighted by atomic mass is 9.72. The van der Waals surface area contributed by atoms with Crippen LogP contribution in [0, 0.1) is 11.7 Å². The van der Waals surface area contributed by atoms with Gasteiger partial charge in [-0.05, 0) is 48.4 Å². The number of rotatable bonds is 5. The van der Waals surface area contributed by atoms with Crippen molar-refractivity contribution in [1.29, 1.82) is 0 Å². The first kappa shape index (κ1) is 21.5. The minimum atomic E-state index is -0.562. The van der Waals surface area contributed by atoms with Gasteiger partial charge in [0, 0.05) is 40.1 Å². The van der Waals surface area contributed by atoms with Crippen LogP contribution in [0.15, 0.2) is 64.3 Å². The molecule has 1 aliphatic heterocycles. The highest BCUT2D eigenvalue weighted by atomic mass is 32.1. The molecule has 1 aromatic carbocycles. The van der Waals surface area contributed by atoms with Crippen molar-refractivity contribution in [3.63, 3.8) is 0 Å². The van der Waals surface area contributed by atoms with Gasteiger partial charge in [0.25, 0.3) is 0 Å². The molecule has 4 rings (SSSR count). The van der Waals surface area contributed by atoms with E-state index in [-0.39, 0.29) is 23.4 Å². The molecule has 0 radical (unpaired) electrons. The molecule has 2 atom stereocenters. The van der Waals surface area contributed by atoms with Gasteiger partial charge in [-0.15, -0.1) is 11.3 Å². The minimum Gasteiger partial charge on any atom is -0.462 e. The summed E-state index contributed by atoms with van der Waals surface area (Å²) in [7, 11) is 0. The molecule has 0 unspecified atom stereocenters. The predicted molar refractivity (Wildman–Crippen MR) is 119 cm³/mol. The number of thiophene rings is 1. The van der Waals surface area contributed by atoms with Gasteiger partial charge in [0.2, 0.25) is 0 Å². The SMILES string of the molecule is CC1=C(C(=O)OCC(C)C)[C@@H](c2ccc(F)cc2)C2=C(C[C@H](c3cccs3)CC2=O)N1. The zero-order chi connectivity index (χ0) is 22.1. The normalized spacial score (nSPS) is 21.3. The molecule has 0 saturated heterocycles. The van der Waals surface area contributed by atoms with E-state index in [0.717, 1.165) is 5.70 Å². The number of carbonyl (C=O) groups excluding carboxylic acids is 2. The maximum absolute atomic E-state index is 13.6. The van der Waals surface area contributed by atoms with E-state index in [1.165, 1.54) is 17.0 Å². The van der Waals surface area contributed by atoms with Crippen molar-refractivity contribution in [3.05, 3.63) is 80.6 Å². The third kappa shape index (κ3) is 4.35. The van der Waals surface area contributed by atoms with Gasteiger partial charge in [-0.25, -0.2) is 9.18 Å². The van der Waals surface area contributed by atoms with Gasteiger partial charge in [0.1, 0.15) is 5.82 Å². The molecule has 31 heavy (non-hydrogen) atoms. The Kier molecular flexibility index (Phi) is 6.10. The molecular formula is C25H26FNO3S. The standard InChI is InChI=1S/C25H26FNO3S/c1-14(2)13-30-25(29)22-15(3)27-19-11-17(21-5-4-10-31-21)12-20(28)24(19)23(22)16-6-8-18(26)9-7-16/h4-10,14,17,23,27H,11-13H2,1-3H3/t17-,23+/m0/s1. The second-order valence-electron chi connectivity index (χ2n) is 8.58. The van der Waals surface area contributed by atoms with Crippen LogP contribution in [0.3, 0.4) is 0 Å². The summed E-state index contributed by atoms with van der Waals surface area (Å²) in [4.78, 5) is 27.6. The molecule has 1 aliphatic carbocycles. The number of ether oxygens (including phenoxy) is 1. The molecular weight excluding hydrogens is 413 g/mol. The van der Waals surface area contributed by atoms with Crippen molar-refractivity contribution in [3.8, 4) is 0 Å². The van der Waals surface area contributed by atoms with Crippen molar-refractivity contribution in [2.75, 3.05) is 6.61 Å². The van der Waals surface area contributed by atoms with Crippen LogP contribution in [0.5, 0.6) is 0 Å². The maximum atomic E-state index is 13.6. The third-order valence-corrected chi connectivity index (χ3v) is 6.78. The monoisotopic (exact) mass is 439 g/mol. The number of dihydropyridines is 1. The van der Waals surface area contributed by atoms with Crippen LogP contribution in [-0.4, -0.2) is 18.4 Å². The maximum Gasteiger partial charge on any atom is 0.336 e. The molecule has 0 bridgehead atoms. The number of esters is 1. The second-order valence-corrected chi connectivity index (χ2v) is 9.56. The summed E-state index contributed by atoms with van der Waals surface area (Å²) >= 11 is 1.65. The van der Waals surface area contributed by atoms with Gasteiger partial charge in [-0.3, -0.25) is 4.79 Å². The first-order valence-electron chi connectivity index (χ1n) is 10.5. The van der Waals surface area contributed by atoms with Gasteiger partial charge in [-0.1, -0.05) is 32.0 Å². The van der Waals surface area contributed by atoms with Crippen molar-refractivity contribution >= 4 is 23.1 Å². The van der Waals surface area contributed by atoms with E-state index < -0.39 is 11.9 Å². The number of benzene rings is 1. The number of nitrogens with one attached hydrogen (secondary N) is 1. The third-order valence-electron chi connectivity index (χ3n) is 5.74. The Labute approximate surface area is 185 Å². The largest absolute Gasteiger partial charge is 0.462 e. The highest BCUT2D eigenvalue weighted by molar-refractivity contribution is 7.10. The second kappa shape index (κ2) is 8.79. The van der Waals surface area contributed by atoms with Gasteiger partial charge in [0.15, 0.2) is 5.78 Å². The molecule has 2 heterocycles. The molecule has 4 nitrogen and oxygen atoms in total. The molecule has 0 amide bonds. The molecule has 1 aromatic heterocycles. The lowest BCUT2D eigenvalue weighted by molar-refractivity contribution is -0.140. The van der Waals surface area contributed by atoms with Crippen molar-refractivity contribution in [2.45, 2.75) is 45.4 Å². The van der Waals surface area contributed by atoms with Crippen LogP contribution in [0.1, 0.15) is 55.9 Å². The summed E-state index contributed by atoms with van der Waals surface area (Å²) in [5.41, 5.74) is 3.27. The summed E-state index contributed by atoms with van der Waals surface area (Å²) in [6, 6.07) is 10.1. The fourth-order valence-corrected chi connectivity index (χ4v) is 5.17. The fraction of sp³-hybridized carbons (Fsp3) is 0.360. The summed E-state index contributed by atoms with van der Waals surface area (Å²) < 4.78 is 19.2. The smallest absolute Gasteiger partial charge is 0.336 e. The Bertz CT molecular complexity index is 1050. The zero-order valence-corrected chi connectivity index (χ0v) is 18.7. The molecule has 0 fully saturated rings. The van der Waals surface area contributed by atoms with Gasteiger partial charge in [0.05, 0.1) is 12.2 Å². The number of Topliss-reactive ketones (excluding diaryl/α,β-unsaturated/α-hetero) is 1. The van der Waals surface area contributed by atoms with E-state index in [9.17, 15) is 14.0 Å². The summed E-state index contributed by atoms with van der Waals surface area (Å²) in [5.74, 6) is -1.02.